The van der Waals surface area contributed by atoms with E-state index in [2.05, 4.69) is 37.1 Å². The molecule has 1 fully saturated rings. The Hall–Kier alpha value is -3.00. The van der Waals surface area contributed by atoms with Gasteiger partial charge in [0.2, 0.25) is 11.9 Å². The average molecular weight is 450 g/mol. The van der Waals surface area contributed by atoms with Crippen molar-refractivity contribution in [1.29, 1.82) is 0 Å². The van der Waals surface area contributed by atoms with Crippen LogP contribution in [-0.2, 0) is 4.79 Å². The second-order valence-electron chi connectivity index (χ2n) is 8.08. The number of fused-ring (bicyclic) bond motifs is 1. The molecule has 0 saturated carbocycles. The number of ether oxygens (including phenoxy) is 1. The summed E-state index contributed by atoms with van der Waals surface area (Å²) in [6, 6.07) is 18.0. The molecule has 32 heavy (non-hydrogen) atoms. The molecule has 166 valence electrons. The van der Waals surface area contributed by atoms with Crippen LogP contribution in [0.4, 0.5) is 5.95 Å². The summed E-state index contributed by atoms with van der Waals surface area (Å²) in [7, 11) is 0. The van der Waals surface area contributed by atoms with Crippen molar-refractivity contribution in [2.24, 2.45) is 0 Å². The van der Waals surface area contributed by atoms with E-state index in [1.807, 2.05) is 42.5 Å². The number of hydrogen-bond donors (Lipinski definition) is 1. The third-order valence-corrected chi connectivity index (χ3v) is 6.82. The molecular formula is C24H27N5O2S. The molecule has 0 bridgehead atoms. The van der Waals surface area contributed by atoms with Gasteiger partial charge in [-0.1, -0.05) is 48.2 Å². The molecule has 3 aromatic rings. The summed E-state index contributed by atoms with van der Waals surface area (Å²) in [6.07, 6.45) is 4.36. The first kappa shape index (κ1) is 20.9. The van der Waals surface area contributed by atoms with E-state index in [1.54, 1.807) is 0 Å². The largest absolute Gasteiger partial charge is 0.493 e. The molecule has 3 heterocycles. The number of carbonyl (C=O) groups excluding carboxylic acids is 1. The monoisotopic (exact) mass is 449 g/mol. The third-order valence-electron chi connectivity index (χ3n) is 5.90. The summed E-state index contributed by atoms with van der Waals surface area (Å²) in [6.45, 7) is 2.58. The zero-order chi connectivity index (χ0) is 21.8. The van der Waals surface area contributed by atoms with E-state index in [1.165, 1.54) is 31.0 Å². The Bertz CT molecular complexity index is 1070. The lowest BCUT2D eigenvalue weighted by atomic mass is 10.0. The summed E-state index contributed by atoms with van der Waals surface area (Å²) in [5.41, 5.74) is 2.05. The lowest BCUT2D eigenvalue weighted by Gasteiger charge is -2.28. The highest BCUT2D eigenvalue weighted by Gasteiger charge is 2.24. The van der Waals surface area contributed by atoms with Crippen molar-refractivity contribution in [2.75, 3.05) is 30.3 Å². The Balaban J connectivity index is 1.31. The van der Waals surface area contributed by atoms with Gasteiger partial charge in [-0.25, -0.2) is 0 Å². The molecule has 1 N–H and O–H groups in total. The minimum Gasteiger partial charge on any atom is -0.493 e. The zero-order valence-electron chi connectivity index (χ0n) is 17.9. The standard InChI is InChI=1S/C24H27N5O2S/c30-22(25-20-13-16-31-21-12-6-5-11-19(20)21)17-32-24-27-26-23(28-14-7-2-8-15-28)29(24)18-9-3-1-4-10-18/h1,3-6,9-12,20H,2,7-8,13-17H2,(H,25,30)/t20-/m0/s1. The number of amides is 1. The smallest absolute Gasteiger partial charge is 0.232 e. The highest BCUT2D eigenvalue weighted by atomic mass is 32.2. The number of nitrogens with zero attached hydrogens (tertiary/aromatic N) is 4. The topological polar surface area (TPSA) is 72.3 Å². The number of nitrogens with one attached hydrogen (secondary N) is 1. The maximum Gasteiger partial charge on any atom is 0.232 e. The summed E-state index contributed by atoms with van der Waals surface area (Å²) in [4.78, 5) is 15.1. The minimum absolute atomic E-state index is 0.0150. The molecule has 2 aliphatic heterocycles. The van der Waals surface area contributed by atoms with Gasteiger partial charge in [-0.05, 0) is 37.5 Å². The quantitative estimate of drug-likeness (QED) is 0.574. The number of hydrogen-bond acceptors (Lipinski definition) is 6. The summed E-state index contributed by atoms with van der Waals surface area (Å²) < 4.78 is 7.78. The summed E-state index contributed by atoms with van der Waals surface area (Å²) in [5, 5.41) is 12.9. The number of anilines is 1. The van der Waals surface area contributed by atoms with E-state index in [0.717, 1.165) is 47.6 Å². The average Bonchev–Trinajstić information content (AvgIpc) is 3.28. The maximum atomic E-state index is 12.8. The van der Waals surface area contributed by atoms with E-state index < -0.39 is 0 Å². The second kappa shape index (κ2) is 9.65. The van der Waals surface area contributed by atoms with Crippen LogP contribution >= 0.6 is 11.8 Å². The lowest BCUT2D eigenvalue weighted by molar-refractivity contribution is -0.119. The number of benzene rings is 2. The van der Waals surface area contributed by atoms with Crippen LogP contribution in [-0.4, -0.2) is 46.1 Å². The first-order valence-corrected chi connectivity index (χ1v) is 12.2. The minimum atomic E-state index is -0.0241. The van der Waals surface area contributed by atoms with Crippen LogP contribution in [0.3, 0.4) is 0 Å². The molecule has 1 saturated heterocycles. The molecule has 1 amide bonds. The second-order valence-corrected chi connectivity index (χ2v) is 9.03. The molecule has 2 aromatic carbocycles. The van der Waals surface area contributed by atoms with Gasteiger partial charge >= 0.3 is 0 Å². The first-order chi connectivity index (χ1) is 15.8. The highest BCUT2D eigenvalue weighted by molar-refractivity contribution is 7.99. The molecule has 7 nitrogen and oxygen atoms in total. The molecule has 8 heteroatoms. The van der Waals surface area contributed by atoms with Gasteiger partial charge in [-0.15, -0.1) is 10.2 Å². The number of carbonyl (C=O) groups is 1. The van der Waals surface area contributed by atoms with Gasteiger partial charge in [0.05, 0.1) is 24.1 Å². The molecule has 1 aromatic heterocycles. The Kier molecular flexibility index (Phi) is 6.29. The predicted molar refractivity (Wildman–Crippen MR) is 126 cm³/mol. The first-order valence-electron chi connectivity index (χ1n) is 11.2. The molecule has 1 atom stereocenters. The molecule has 0 aliphatic carbocycles. The van der Waals surface area contributed by atoms with E-state index in [-0.39, 0.29) is 17.7 Å². The summed E-state index contributed by atoms with van der Waals surface area (Å²) in [5.74, 6) is 1.98. The number of thioether (sulfide) groups is 1. The van der Waals surface area contributed by atoms with Crippen LogP contribution in [0.1, 0.15) is 37.3 Å². The van der Waals surface area contributed by atoms with Crippen LogP contribution in [0.2, 0.25) is 0 Å². The van der Waals surface area contributed by atoms with Gasteiger partial charge in [0.25, 0.3) is 0 Å². The van der Waals surface area contributed by atoms with Crippen LogP contribution < -0.4 is 15.0 Å². The van der Waals surface area contributed by atoms with Crippen LogP contribution in [0.5, 0.6) is 5.75 Å². The number of rotatable bonds is 6. The molecular weight excluding hydrogens is 422 g/mol. The van der Waals surface area contributed by atoms with Crippen molar-refractivity contribution in [3.63, 3.8) is 0 Å². The predicted octanol–water partition coefficient (Wildman–Crippen LogP) is 3.99. The maximum absolute atomic E-state index is 12.8. The van der Waals surface area contributed by atoms with Gasteiger partial charge < -0.3 is 15.0 Å². The fourth-order valence-electron chi connectivity index (χ4n) is 4.32. The van der Waals surface area contributed by atoms with E-state index in [4.69, 9.17) is 4.74 Å². The Morgan fingerprint density at radius 2 is 1.81 bits per heavy atom. The number of para-hydroxylation sites is 2. The van der Waals surface area contributed by atoms with Gasteiger partial charge in [0, 0.05) is 25.1 Å². The van der Waals surface area contributed by atoms with Crippen molar-refractivity contribution in [3.8, 4) is 11.4 Å². The molecule has 0 spiro atoms. The van der Waals surface area contributed by atoms with Crippen molar-refractivity contribution in [2.45, 2.75) is 36.9 Å². The highest BCUT2D eigenvalue weighted by Crippen LogP contribution is 2.32. The Labute approximate surface area is 192 Å². The van der Waals surface area contributed by atoms with Crippen molar-refractivity contribution < 1.29 is 9.53 Å². The lowest BCUT2D eigenvalue weighted by Crippen LogP contribution is -2.33. The SMILES string of the molecule is O=C(CSc1nnc(N2CCCCC2)n1-c1ccccc1)N[C@H]1CCOc2ccccc21. The van der Waals surface area contributed by atoms with Gasteiger partial charge in [0.1, 0.15) is 5.75 Å². The van der Waals surface area contributed by atoms with Crippen LogP contribution in [0.15, 0.2) is 59.8 Å². The third kappa shape index (κ3) is 4.46. The van der Waals surface area contributed by atoms with Crippen LogP contribution in [0.25, 0.3) is 5.69 Å². The van der Waals surface area contributed by atoms with Crippen LogP contribution in [0, 0.1) is 0 Å². The van der Waals surface area contributed by atoms with Gasteiger partial charge in [-0.2, -0.15) is 0 Å². The number of piperidine rings is 1. The normalized spacial score (nSPS) is 18.0. The molecule has 0 unspecified atom stereocenters. The van der Waals surface area contributed by atoms with Crippen molar-refractivity contribution in [1.82, 2.24) is 20.1 Å². The fraction of sp³-hybridized carbons (Fsp3) is 0.375. The van der Waals surface area contributed by atoms with Crippen molar-refractivity contribution >= 4 is 23.6 Å². The van der Waals surface area contributed by atoms with E-state index in [0.29, 0.717) is 6.61 Å². The molecule has 0 radical (unpaired) electrons. The zero-order valence-corrected chi connectivity index (χ0v) is 18.8. The summed E-state index contributed by atoms with van der Waals surface area (Å²) >= 11 is 1.42. The Morgan fingerprint density at radius 3 is 2.66 bits per heavy atom. The molecule has 5 rings (SSSR count). The number of aromatic nitrogens is 3. The van der Waals surface area contributed by atoms with Crippen molar-refractivity contribution in [3.05, 3.63) is 60.2 Å². The van der Waals surface area contributed by atoms with Gasteiger partial charge in [0.15, 0.2) is 5.16 Å². The fourth-order valence-corrected chi connectivity index (χ4v) is 5.07. The Morgan fingerprint density at radius 1 is 1.03 bits per heavy atom. The van der Waals surface area contributed by atoms with Gasteiger partial charge in [-0.3, -0.25) is 9.36 Å². The van der Waals surface area contributed by atoms with E-state index in [9.17, 15) is 4.79 Å². The van der Waals surface area contributed by atoms with E-state index >= 15 is 0 Å². The molecule has 2 aliphatic rings.